The van der Waals surface area contributed by atoms with Crippen LogP contribution in [0.1, 0.15) is 37.3 Å². The van der Waals surface area contributed by atoms with E-state index in [0.717, 1.165) is 24.1 Å². The molecular formula is C23H27F3N4O2. The summed E-state index contributed by atoms with van der Waals surface area (Å²) in [5.41, 5.74) is 0.224. The van der Waals surface area contributed by atoms with Crippen LogP contribution in [-0.2, 0) is 17.5 Å². The Morgan fingerprint density at radius 3 is 2.69 bits per heavy atom. The standard InChI is InChI=1S/C23H27F3N4O2/c1-2-17-15-30(22(32)29-20-7-3-6-19(12-20)23(24,25)26)10-8-18(17)11-21(31)28-14-16-5-4-9-27-13-16/h3-7,9,12-13,17-18H,2,8,10-11,14-15H2,1H3,(H,28,31)(H,29,32). The molecule has 1 aliphatic heterocycles. The molecular weight excluding hydrogens is 421 g/mol. The van der Waals surface area contributed by atoms with Gasteiger partial charge >= 0.3 is 12.2 Å². The van der Waals surface area contributed by atoms with Crippen molar-refractivity contribution in [2.45, 2.75) is 38.9 Å². The fraction of sp³-hybridized carbons (Fsp3) is 0.435. The molecule has 0 bridgehead atoms. The summed E-state index contributed by atoms with van der Waals surface area (Å²) in [6, 6.07) is 7.87. The number of halogens is 3. The molecule has 2 atom stereocenters. The van der Waals surface area contributed by atoms with Crippen LogP contribution in [0.15, 0.2) is 48.8 Å². The van der Waals surface area contributed by atoms with Crippen molar-refractivity contribution in [2.75, 3.05) is 18.4 Å². The second kappa shape index (κ2) is 10.5. The number of rotatable bonds is 6. The number of carbonyl (C=O) groups is 2. The normalized spacial score (nSPS) is 18.8. The molecule has 2 heterocycles. The minimum Gasteiger partial charge on any atom is -0.352 e. The van der Waals surface area contributed by atoms with Crippen LogP contribution < -0.4 is 10.6 Å². The van der Waals surface area contributed by atoms with E-state index >= 15 is 0 Å². The maximum absolute atomic E-state index is 12.9. The molecule has 0 aliphatic carbocycles. The Labute approximate surface area is 185 Å². The van der Waals surface area contributed by atoms with Crippen molar-refractivity contribution in [2.24, 2.45) is 11.8 Å². The molecule has 32 heavy (non-hydrogen) atoms. The van der Waals surface area contributed by atoms with Gasteiger partial charge in [0.05, 0.1) is 5.56 Å². The van der Waals surface area contributed by atoms with E-state index in [1.807, 2.05) is 19.1 Å². The third kappa shape index (κ3) is 6.45. The second-order valence-corrected chi connectivity index (χ2v) is 8.01. The predicted octanol–water partition coefficient (Wildman–Crippen LogP) is 4.69. The first-order valence-corrected chi connectivity index (χ1v) is 10.6. The lowest BCUT2D eigenvalue weighted by molar-refractivity contribution is -0.137. The molecule has 3 amide bonds. The molecule has 2 N–H and O–H groups in total. The quantitative estimate of drug-likeness (QED) is 0.674. The third-order valence-corrected chi connectivity index (χ3v) is 5.80. The fourth-order valence-electron chi connectivity index (χ4n) is 3.99. The molecule has 9 heteroatoms. The predicted molar refractivity (Wildman–Crippen MR) is 115 cm³/mol. The topological polar surface area (TPSA) is 74.3 Å². The fourth-order valence-corrected chi connectivity index (χ4v) is 3.99. The van der Waals surface area contributed by atoms with Crippen LogP contribution in [0.5, 0.6) is 0 Å². The van der Waals surface area contributed by atoms with Crippen molar-refractivity contribution in [3.05, 3.63) is 59.9 Å². The number of nitrogens with one attached hydrogen (secondary N) is 2. The van der Waals surface area contributed by atoms with E-state index in [1.165, 1.54) is 12.1 Å². The van der Waals surface area contributed by atoms with E-state index in [4.69, 9.17) is 0 Å². The number of urea groups is 1. The molecule has 1 aliphatic rings. The van der Waals surface area contributed by atoms with E-state index in [1.54, 1.807) is 17.3 Å². The smallest absolute Gasteiger partial charge is 0.352 e. The molecule has 1 saturated heterocycles. The number of hydrogen-bond donors (Lipinski definition) is 2. The number of aromatic nitrogens is 1. The second-order valence-electron chi connectivity index (χ2n) is 8.01. The molecule has 1 aromatic heterocycles. The van der Waals surface area contributed by atoms with E-state index in [0.29, 0.717) is 32.5 Å². The molecule has 6 nitrogen and oxygen atoms in total. The Hall–Kier alpha value is -3.10. The van der Waals surface area contributed by atoms with Gasteiger partial charge in [0, 0.05) is 44.1 Å². The summed E-state index contributed by atoms with van der Waals surface area (Å²) in [5, 5.41) is 5.48. The van der Waals surface area contributed by atoms with Crippen molar-refractivity contribution < 1.29 is 22.8 Å². The number of pyridine rings is 1. The van der Waals surface area contributed by atoms with Crippen molar-refractivity contribution in [3.63, 3.8) is 0 Å². The lowest BCUT2D eigenvalue weighted by Gasteiger charge is -2.38. The Morgan fingerprint density at radius 2 is 2.00 bits per heavy atom. The highest BCUT2D eigenvalue weighted by Crippen LogP contribution is 2.32. The van der Waals surface area contributed by atoms with Gasteiger partial charge < -0.3 is 15.5 Å². The summed E-state index contributed by atoms with van der Waals surface area (Å²) in [7, 11) is 0. The van der Waals surface area contributed by atoms with Crippen LogP contribution in [0.4, 0.5) is 23.7 Å². The summed E-state index contributed by atoms with van der Waals surface area (Å²) in [6.45, 7) is 3.34. The SMILES string of the molecule is CCC1CN(C(=O)Nc2cccc(C(F)(F)F)c2)CCC1CC(=O)NCc1cccnc1. The van der Waals surface area contributed by atoms with E-state index < -0.39 is 17.8 Å². The van der Waals surface area contributed by atoms with Crippen molar-refractivity contribution in [3.8, 4) is 0 Å². The highest BCUT2D eigenvalue weighted by molar-refractivity contribution is 5.89. The van der Waals surface area contributed by atoms with Crippen LogP contribution in [0.25, 0.3) is 0 Å². The minimum absolute atomic E-state index is 0.0424. The maximum Gasteiger partial charge on any atom is 0.416 e. The zero-order valence-electron chi connectivity index (χ0n) is 17.9. The van der Waals surface area contributed by atoms with Crippen molar-refractivity contribution in [1.29, 1.82) is 0 Å². The molecule has 3 rings (SSSR count). The molecule has 172 valence electrons. The van der Waals surface area contributed by atoms with Gasteiger partial charge in [-0.2, -0.15) is 13.2 Å². The van der Waals surface area contributed by atoms with E-state index in [9.17, 15) is 22.8 Å². The van der Waals surface area contributed by atoms with Gasteiger partial charge in [-0.3, -0.25) is 9.78 Å². The molecule has 1 aromatic carbocycles. The van der Waals surface area contributed by atoms with Crippen molar-refractivity contribution in [1.82, 2.24) is 15.2 Å². The first-order valence-electron chi connectivity index (χ1n) is 10.6. The van der Waals surface area contributed by atoms with Crippen LogP contribution in [0.3, 0.4) is 0 Å². The molecule has 0 radical (unpaired) electrons. The highest BCUT2D eigenvalue weighted by atomic mass is 19.4. The van der Waals surface area contributed by atoms with Gasteiger partial charge in [-0.15, -0.1) is 0 Å². The summed E-state index contributed by atoms with van der Waals surface area (Å²) < 4.78 is 38.7. The van der Waals surface area contributed by atoms with Gasteiger partial charge in [-0.1, -0.05) is 25.5 Å². The van der Waals surface area contributed by atoms with E-state index in [-0.39, 0.29) is 23.4 Å². The number of carbonyl (C=O) groups excluding carboxylic acids is 2. The number of amides is 3. The number of hydrogen-bond acceptors (Lipinski definition) is 3. The Bertz CT molecular complexity index is 921. The number of likely N-dealkylation sites (tertiary alicyclic amines) is 1. The van der Waals surface area contributed by atoms with Gasteiger partial charge in [0.1, 0.15) is 0 Å². The number of benzene rings is 1. The van der Waals surface area contributed by atoms with Gasteiger partial charge in [-0.05, 0) is 48.1 Å². The monoisotopic (exact) mass is 448 g/mol. The van der Waals surface area contributed by atoms with Crippen LogP contribution in [-0.4, -0.2) is 34.9 Å². The van der Waals surface area contributed by atoms with Gasteiger partial charge in [0.2, 0.25) is 5.91 Å². The Kier molecular flexibility index (Phi) is 7.71. The summed E-state index contributed by atoms with van der Waals surface area (Å²) in [4.78, 5) is 30.7. The molecule has 0 spiro atoms. The number of anilines is 1. The molecule has 1 fully saturated rings. The first-order chi connectivity index (χ1) is 15.3. The van der Waals surface area contributed by atoms with Crippen LogP contribution in [0.2, 0.25) is 0 Å². The number of alkyl halides is 3. The van der Waals surface area contributed by atoms with Crippen molar-refractivity contribution >= 4 is 17.6 Å². The summed E-state index contributed by atoms with van der Waals surface area (Å²) in [6.07, 6.45) is 0.749. The number of piperidine rings is 1. The minimum atomic E-state index is -4.47. The lowest BCUT2D eigenvalue weighted by Crippen LogP contribution is -2.46. The van der Waals surface area contributed by atoms with Gasteiger partial charge in [0.15, 0.2) is 0 Å². The van der Waals surface area contributed by atoms with Gasteiger partial charge in [-0.25, -0.2) is 4.79 Å². The Morgan fingerprint density at radius 1 is 1.19 bits per heavy atom. The maximum atomic E-state index is 12.9. The highest BCUT2D eigenvalue weighted by Gasteiger charge is 2.33. The number of nitrogens with zero attached hydrogens (tertiary/aromatic N) is 2. The zero-order valence-corrected chi connectivity index (χ0v) is 17.9. The molecule has 2 unspecified atom stereocenters. The van der Waals surface area contributed by atoms with Gasteiger partial charge in [0.25, 0.3) is 0 Å². The Balaban J connectivity index is 1.52. The zero-order chi connectivity index (χ0) is 23.1. The molecule has 0 saturated carbocycles. The summed E-state index contributed by atoms with van der Waals surface area (Å²) in [5.74, 6) is 0.242. The lowest BCUT2D eigenvalue weighted by atomic mass is 9.81. The molecule has 2 aromatic rings. The summed E-state index contributed by atoms with van der Waals surface area (Å²) >= 11 is 0. The average molecular weight is 448 g/mol. The average Bonchev–Trinajstić information content (AvgIpc) is 2.78. The van der Waals surface area contributed by atoms with Crippen LogP contribution >= 0.6 is 0 Å². The van der Waals surface area contributed by atoms with E-state index in [2.05, 4.69) is 15.6 Å². The first kappa shape index (κ1) is 23.6. The van der Waals surface area contributed by atoms with Crippen LogP contribution in [0, 0.1) is 11.8 Å². The largest absolute Gasteiger partial charge is 0.416 e. The third-order valence-electron chi connectivity index (χ3n) is 5.80.